The number of hydrogen-bond donors (Lipinski definition) is 0. The average Bonchev–Trinajstić information content (AvgIpc) is 1.85. The Balaban J connectivity index is 2.93. The Kier molecular flexibility index (Phi) is 1.70. The van der Waals surface area contributed by atoms with Gasteiger partial charge in [-0.05, 0) is 0 Å². The predicted octanol–water partition coefficient (Wildman–Crippen LogP) is -0.897. The molecule has 1 aliphatic heterocycles. The molecule has 0 N–H and O–H groups in total. The van der Waals surface area contributed by atoms with E-state index in [1.807, 2.05) is 0 Å². The van der Waals surface area contributed by atoms with Crippen LogP contribution in [0.25, 0.3) is 5.53 Å². The molecule has 0 bridgehead atoms. The summed E-state index contributed by atoms with van der Waals surface area (Å²) >= 11 is 0. The van der Waals surface area contributed by atoms with Crippen LogP contribution in [0.5, 0.6) is 0 Å². The van der Waals surface area contributed by atoms with E-state index in [2.05, 4.69) is 14.3 Å². The van der Waals surface area contributed by atoms with Crippen LogP contribution in [0.15, 0.2) is 0 Å². The fourth-order valence-corrected chi connectivity index (χ4v) is 0.602. The predicted molar refractivity (Wildman–Crippen MR) is 30.3 cm³/mol. The Labute approximate surface area is 61.3 Å². The number of hydrogen-bond acceptors (Lipinski definition) is 4. The van der Waals surface area contributed by atoms with Crippen LogP contribution in [0.2, 0.25) is 0 Å². The van der Waals surface area contributed by atoms with Gasteiger partial charge in [0.05, 0.1) is 0 Å². The quantitative estimate of drug-likeness (QED) is 0.258. The van der Waals surface area contributed by atoms with Gasteiger partial charge in [-0.25, -0.2) is 9.59 Å². The minimum Gasteiger partial charge on any atom is -0.416 e. The van der Waals surface area contributed by atoms with Crippen molar-refractivity contribution in [3.05, 3.63) is 5.53 Å². The molecule has 0 aromatic carbocycles. The van der Waals surface area contributed by atoms with Gasteiger partial charge in [0.15, 0.2) is 0 Å². The van der Waals surface area contributed by atoms with Gasteiger partial charge >= 0.3 is 17.7 Å². The molecule has 1 rings (SSSR count). The molecule has 58 valence electrons. The third kappa shape index (κ3) is 1.25. The number of carbonyl (C=O) groups excluding carboxylic acids is 2. The molecule has 0 atom stereocenters. The average molecular weight is 156 g/mol. The van der Waals surface area contributed by atoms with Crippen molar-refractivity contribution in [2.45, 2.75) is 13.2 Å². The summed E-state index contributed by atoms with van der Waals surface area (Å²) in [5.41, 5.74) is 7.37. The molecule has 0 unspecified atom stereocenters. The maximum atomic E-state index is 10.6. The highest BCUT2D eigenvalue weighted by molar-refractivity contribution is 6.61. The lowest BCUT2D eigenvalue weighted by molar-refractivity contribution is -0.190. The van der Waals surface area contributed by atoms with Crippen LogP contribution in [0, 0.1) is 0 Å². The summed E-state index contributed by atoms with van der Waals surface area (Å²) in [5, 5.41) is 0. The molecule has 0 aromatic rings. The number of carbonyl (C=O) groups is 2. The van der Waals surface area contributed by atoms with Gasteiger partial charge in [-0.15, -0.1) is 0 Å². The van der Waals surface area contributed by atoms with E-state index in [0.29, 0.717) is 0 Å². The Hall–Kier alpha value is -1.68. The molecule has 1 heterocycles. The second-order valence-electron chi connectivity index (χ2n) is 1.83. The second kappa shape index (κ2) is 2.51. The third-order valence-electron chi connectivity index (χ3n) is 1.03. The fourth-order valence-electron chi connectivity index (χ4n) is 0.602. The van der Waals surface area contributed by atoms with Gasteiger partial charge in [0, 0.05) is 6.92 Å². The first-order valence-electron chi connectivity index (χ1n) is 2.79. The zero-order chi connectivity index (χ0) is 8.43. The van der Waals surface area contributed by atoms with Crippen LogP contribution < -0.4 is 0 Å². The standard InChI is InChI=1S/C5H4N2O4/c1-2-10-4(8)3(7-6)5(9)11-2/h2H,1H3. The van der Waals surface area contributed by atoms with Gasteiger partial charge in [0.2, 0.25) is 6.29 Å². The van der Waals surface area contributed by atoms with E-state index in [4.69, 9.17) is 5.53 Å². The van der Waals surface area contributed by atoms with Crippen molar-refractivity contribution in [3.8, 4) is 0 Å². The molecule has 6 nitrogen and oxygen atoms in total. The Morgan fingerprint density at radius 3 is 2.18 bits per heavy atom. The minimum atomic E-state index is -0.976. The molecule has 0 amide bonds. The second-order valence-corrected chi connectivity index (χ2v) is 1.83. The van der Waals surface area contributed by atoms with E-state index in [0.717, 1.165) is 0 Å². The molecule has 1 aliphatic rings. The SMILES string of the molecule is CC1OC(=O)C(=[N+]=[N-])C(=O)O1. The van der Waals surface area contributed by atoms with Crippen molar-refractivity contribution in [2.24, 2.45) is 0 Å². The molecular formula is C5H4N2O4. The van der Waals surface area contributed by atoms with E-state index in [1.165, 1.54) is 6.92 Å². The molecule has 1 fully saturated rings. The first-order valence-corrected chi connectivity index (χ1v) is 2.79. The fraction of sp³-hybridized carbons (Fsp3) is 0.400. The van der Waals surface area contributed by atoms with E-state index in [1.54, 1.807) is 0 Å². The molecular weight excluding hydrogens is 152 g/mol. The van der Waals surface area contributed by atoms with E-state index < -0.39 is 23.9 Å². The zero-order valence-corrected chi connectivity index (χ0v) is 5.60. The molecule has 0 radical (unpaired) electrons. The van der Waals surface area contributed by atoms with Gasteiger partial charge in [-0.1, -0.05) is 0 Å². The van der Waals surface area contributed by atoms with E-state index in [9.17, 15) is 9.59 Å². The first-order chi connectivity index (χ1) is 5.15. The Morgan fingerprint density at radius 1 is 1.36 bits per heavy atom. The topological polar surface area (TPSA) is 89.0 Å². The summed E-state index contributed by atoms with van der Waals surface area (Å²) < 4.78 is 8.77. The van der Waals surface area contributed by atoms with Crippen LogP contribution >= 0.6 is 0 Å². The van der Waals surface area contributed by atoms with Crippen molar-refractivity contribution in [1.82, 2.24) is 0 Å². The minimum absolute atomic E-state index is 0.733. The van der Waals surface area contributed by atoms with Crippen molar-refractivity contribution in [1.29, 1.82) is 0 Å². The van der Waals surface area contributed by atoms with E-state index >= 15 is 0 Å². The maximum absolute atomic E-state index is 10.6. The Bertz CT molecular complexity index is 246. The first kappa shape index (κ1) is 7.43. The molecule has 0 saturated carbocycles. The van der Waals surface area contributed by atoms with Gasteiger partial charge in [-0.3, -0.25) is 0 Å². The Morgan fingerprint density at radius 2 is 1.82 bits per heavy atom. The summed E-state index contributed by atoms with van der Waals surface area (Å²) in [4.78, 5) is 23.7. The van der Waals surface area contributed by atoms with Crippen LogP contribution in [0.3, 0.4) is 0 Å². The zero-order valence-electron chi connectivity index (χ0n) is 5.60. The molecule has 11 heavy (non-hydrogen) atoms. The van der Waals surface area contributed by atoms with Gasteiger partial charge in [0.25, 0.3) is 0 Å². The number of ether oxygens (including phenoxy) is 2. The highest BCUT2D eigenvalue weighted by atomic mass is 16.7. The lowest BCUT2D eigenvalue weighted by atomic mass is 10.3. The number of esters is 2. The molecule has 0 aliphatic carbocycles. The summed E-state index contributed by atoms with van der Waals surface area (Å²) in [6.45, 7) is 1.38. The van der Waals surface area contributed by atoms with Crippen LogP contribution in [0.4, 0.5) is 0 Å². The van der Waals surface area contributed by atoms with Crippen molar-refractivity contribution in [3.63, 3.8) is 0 Å². The normalized spacial score (nSPS) is 23.7. The molecule has 1 saturated heterocycles. The summed E-state index contributed by atoms with van der Waals surface area (Å²) in [6, 6.07) is 0. The maximum Gasteiger partial charge on any atom is 0.482 e. The lowest BCUT2D eigenvalue weighted by Crippen LogP contribution is -2.40. The summed E-state index contributed by atoms with van der Waals surface area (Å²) in [5.74, 6) is -1.95. The molecule has 6 heteroatoms. The number of rotatable bonds is 0. The molecule has 0 spiro atoms. The van der Waals surface area contributed by atoms with Crippen molar-refractivity contribution >= 4 is 17.7 Å². The van der Waals surface area contributed by atoms with Crippen LogP contribution in [0.1, 0.15) is 6.92 Å². The summed E-state index contributed by atoms with van der Waals surface area (Å²) in [7, 11) is 0. The number of nitrogens with zero attached hydrogens (tertiary/aromatic N) is 2. The monoisotopic (exact) mass is 156 g/mol. The van der Waals surface area contributed by atoms with Crippen LogP contribution in [-0.2, 0) is 19.1 Å². The highest BCUT2D eigenvalue weighted by Gasteiger charge is 2.40. The number of cyclic esters (lactones) is 2. The van der Waals surface area contributed by atoms with Gasteiger partial charge in [-0.2, -0.15) is 4.79 Å². The lowest BCUT2D eigenvalue weighted by Gasteiger charge is -2.14. The third-order valence-corrected chi connectivity index (χ3v) is 1.03. The smallest absolute Gasteiger partial charge is 0.416 e. The van der Waals surface area contributed by atoms with Crippen molar-refractivity contribution in [2.75, 3.05) is 0 Å². The largest absolute Gasteiger partial charge is 0.482 e. The molecule has 0 aromatic heterocycles. The highest BCUT2D eigenvalue weighted by Crippen LogP contribution is 2.03. The van der Waals surface area contributed by atoms with Gasteiger partial charge in [0.1, 0.15) is 0 Å². The van der Waals surface area contributed by atoms with E-state index in [-0.39, 0.29) is 0 Å². The van der Waals surface area contributed by atoms with Gasteiger partial charge < -0.3 is 15.0 Å². The van der Waals surface area contributed by atoms with Crippen LogP contribution in [-0.4, -0.2) is 28.7 Å². The van der Waals surface area contributed by atoms with Crippen molar-refractivity contribution < 1.29 is 23.9 Å². The summed E-state index contributed by atoms with van der Waals surface area (Å²) in [6.07, 6.45) is -0.916.